The Bertz CT molecular complexity index is 2130. The smallest absolute Gasteiger partial charge is 0.115 e. The van der Waals surface area contributed by atoms with Gasteiger partial charge >= 0.3 is 0 Å². The van der Waals surface area contributed by atoms with E-state index in [9.17, 15) is 0 Å². The monoisotopic (exact) mass is 722 g/mol. The Morgan fingerprint density at radius 2 is 1.13 bits per heavy atom. The minimum atomic E-state index is 0.466. The molecule has 0 aromatic heterocycles. The van der Waals surface area contributed by atoms with E-state index in [4.69, 9.17) is 0 Å². The molecule has 4 nitrogen and oxygen atoms in total. The van der Waals surface area contributed by atoms with E-state index in [2.05, 4.69) is 224 Å². The van der Waals surface area contributed by atoms with Crippen molar-refractivity contribution in [2.75, 3.05) is 38.0 Å². The molecule has 2 aliphatic rings. The van der Waals surface area contributed by atoms with Gasteiger partial charge in [-0.15, -0.1) is 29.9 Å². The van der Waals surface area contributed by atoms with Gasteiger partial charge < -0.3 is 19.0 Å². The molecule has 4 heteroatoms. The van der Waals surface area contributed by atoms with Crippen LogP contribution < -0.4 is 9.80 Å². The Morgan fingerprint density at radius 1 is 0.618 bits per heavy atom. The average molecular weight is 723 g/mol. The molecule has 1 atom stereocenters. The molecule has 2 aliphatic carbocycles. The van der Waals surface area contributed by atoms with Crippen molar-refractivity contribution in [3.63, 3.8) is 0 Å². The number of hydrogen-bond acceptors (Lipinski definition) is 2. The van der Waals surface area contributed by atoms with Crippen LogP contribution in [0.25, 0.3) is 0 Å². The minimum Gasteiger partial charge on any atom is -0.351 e. The molecule has 0 fully saturated rings. The lowest BCUT2D eigenvalue weighted by molar-refractivity contribution is -0.398. The van der Waals surface area contributed by atoms with Crippen LogP contribution >= 0.6 is 0 Å². The fourth-order valence-corrected chi connectivity index (χ4v) is 7.32. The van der Waals surface area contributed by atoms with Crippen LogP contribution in [0.15, 0.2) is 204 Å². The minimum absolute atomic E-state index is 0.466. The summed E-state index contributed by atoms with van der Waals surface area (Å²) in [6.07, 6.45) is 33.3. The maximum atomic E-state index is 3.49. The van der Waals surface area contributed by atoms with E-state index in [1.54, 1.807) is 5.57 Å². The van der Waals surface area contributed by atoms with Gasteiger partial charge in [0.15, 0.2) is 0 Å². The SMILES string of the molecule is CN(C=CC=C1CCC(C=C[C-]=[N+](C)c2ccccc2)=C1CC1=C(C=C[C-]=[N+](C)c2ccccc2)CCC1CC=CN(C)c1ccccc1)c1ccccc1. The predicted molar refractivity (Wildman–Crippen MR) is 234 cm³/mol. The molecule has 0 aliphatic heterocycles. The molecule has 0 spiro atoms. The zero-order valence-electron chi connectivity index (χ0n) is 32.9. The van der Waals surface area contributed by atoms with Crippen LogP contribution in [0.2, 0.25) is 0 Å². The third-order valence-electron chi connectivity index (χ3n) is 10.5. The van der Waals surface area contributed by atoms with E-state index >= 15 is 0 Å². The maximum Gasteiger partial charge on any atom is 0.115 e. The number of hydrogen-bond donors (Lipinski definition) is 0. The molecule has 55 heavy (non-hydrogen) atoms. The van der Waals surface area contributed by atoms with Gasteiger partial charge in [-0.2, -0.15) is 0 Å². The second-order valence-corrected chi connectivity index (χ2v) is 14.2. The quantitative estimate of drug-likeness (QED) is 0.0688. The highest BCUT2D eigenvalue weighted by atomic mass is 15.1. The largest absolute Gasteiger partial charge is 0.351 e. The van der Waals surface area contributed by atoms with Crippen LogP contribution in [0.1, 0.15) is 38.5 Å². The zero-order chi connectivity index (χ0) is 38.2. The number of rotatable bonds is 15. The Balaban J connectivity index is 1.33. The number of para-hydroxylation sites is 4. The van der Waals surface area contributed by atoms with Gasteiger partial charge in [0.2, 0.25) is 0 Å². The fraction of sp³-hybridized carbons (Fsp3) is 0.216. The first-order valence-electron chi connectivity index (χ1n) is 19.4. The van der Waals surface area contributed by atoms with Crippen LogP contribution in [0.4, 0.5) is 22.7 Å². The van der Waals surface area contributed by atoms with Crippen molar-refractivity contribution in [1.29, 1.82) is 0 Å². The molecule has 0 heterocycles. The van der Waals surface area contributed by atoms with Gasteiger partial charge in [0.1, 0.15) is 37.9 Å². The van der Waals surface area contributed by atoms with Crippen molar-refractivity contribution in [1.82, 2.24) is 0 Å². The van der Waals surface area contributed by atoms with Crippen molar-refractivity contribution in [2.24, 2.45) is 5.92 Å². The highest BCUT2D eigenvalue weighted by Crippen LogP contribution is 2.44. The average Bonchev–Trinajstić information content (AvgIpc) is 3.81. The van der Waals surface area contributed by atoms with Crippen molar-refractivity contribution in [2.45, 2.75) is 38.5 Å². The molecule has 4 aromatic rings. The molecule has 4 aromatic carbocycles. The first-order valence-corrected chi connectivity index (χ1v) is 19.4. The van der Waals surface area contributed by atoms with Crippen molar-refractivity contribution in [3.8, 4) is 0 Å². The summed E-state index contributed by atoms with van der Waals surface area (Å²) in [4.78, 5) is 4.39. The molecule has 0 N–H and O–H groups in total. The molecule has 278 valence electrons. The summed E-state index contributed by atoms with van der Waals surface area (Å²) in [5.41, 5.74) is 11.8. The van der Waals surface area contributed by atoms with Gasteiger partial charge in [-0.25, -0.2) is 0 Å². The normalized spacial score (nSPS) is 17.7. The molecule has 0 saturated heterocycles. The van der Waals surface area contributed by atoms with Gasteiger partial charge in [-0.3, -0.25) is 0 Å². The molecule has 0 radical (unpaired) electrons. The zero-order valence-corrected chi connectivity index (χ0v) is 32.9. The van der Waals surface area contributed by atoms with E-state index in [1.807, 2.05) is 12.1 Å². The van der Waals surface area contributed by atoms with E-state index in [0.717, 1.165) is 49.9 Å². The van der Waals surface area contributed by atoms with E-state index in [0.29, 0.717) is 5.92 Å². The number of allylic oxidation sites excluding steroid dienone is 12. The number of benzene rings is 4. The predicted octanol–water partition coefficient (Wildman–Crippen LogP) is 11.7. The molecule has 0 saturated carbocycles. The topological polar surface area (TPSA) is 12.5 Å². The maximum absolute atomic E-state index is 3.49. The Kier molecular flexibility index (Phi) is 14.0. The van der Waals surface area contributed by atoms with Crippen LogP contribution in [0, 0.1) is 5.92 Å². The third-order valence-corrected chi connectivity index (χ3v) is 10.5. The number of anilines is 2. The van der Waals surface area contributed by atoms with Crippen molar-refractivity contribution < 1.29 is 9.15 Å². The van der Waals surface area contributed by atoms with Crippen molar-refractivity contribution in [3.05, 3.63) is 204 Å². The lowest BCUT2D eigenvalue weighted by atomic mass is 9.88. The molecular weight excluding hydrogens is 669 g/mol. The lowest BCUT2D eigenvalue weighted by Crippen LogP contribution is -2.08. The summed E-state index contributed by atoms with van der Waals surface area (Å²) < 4.78 is 4.12. The van der Waals surface area contributed by atoms with Crippen LogP contribution in [-0.2, 0) is 0 Å². The van der Waals surface area contributed by atoms with Gasteiger partial charge in [0.05, 0.1) is 0 Å². The van der Waals surface area contributed by atoms with Crippen LogP contribution in [0.3, 0.4) is 0 Å². The second kappa shape index (κ2) is 19.9. The van der Waals surface area contributed by atoms with E-state index < -0.39 is 0 Å². The lowest BCUT2D eigenvalue weighted by Gasteiger charge is -2.19. The molecule has 0 bridgehead atoms. The Hall–Kier alpha value is -6.00. The fourth-order valence-electron chi connectivity index (χ4n) is 7.32. The first-order chi connectivity index (χ1) is 27.0. The summed E-state index contributed by atoms with van der Waals surface area (Å²) in [5, 5.41) is 0. The van der Waals surface area contributed by atoms with Crippen molar-refractivity contribution >= 4 is 35.2 Å². The summed E-state index contributed by atoms with van der Waals surface area (Å²) in [5.74, 6) is 0.466. The second-order valence-electron chi connectivity index (χ2n) is 14.2. The van der Waals surface area contributed by atoms with E-state index in [-0.39, 0.29) is 0 Å². The number of nitrogens with zero attached hydrogens (tertiary/aromatic N) is 4. The summed E-state index contributed by atoms with van der Waals surface area (Å²) in [6, 6.07) is 41.9. The van der Waals surface area contributed by atoms with Gasteiger partial charge in [-0.05, 0) is 116 Å². The van der Waals surface area contributed by atoms with Crippen LogP contribution in [-0.4, -0.2) is 49.8 Å². The summed E-state index contributed by atoms with van der Waals surface area (Å²) in [7, 11) is 8.36. The van der Waals surface area contributed by atoms with E-state index in [1.165, 1.54) is 33.7 Å². The summed E-state index contributed by atoms with van der Waals surface area (Å²) in [6.45, 7) is 0. The Labute approximate surface area is 329 Å². The van der Waals surface area contributed by atoms with Crippen LogP contribution in [0.5, 0.6) is 0 Å². The van der Waals surface area contributed by atoms with Gasteiger partial charge in [-0.1, -0.05) is 96.1 Å². The standard InChI is InChI=1S/C51H54N4/c1-52(46-25-9-5-10-26-46)37-17-21-42-33-34-43(22-18-38-53(2)47-27-11-6-12-28-47)50(42)41-51-44(23-19-39-54(3)48-29-13-7-14-30-48)35-36-45(51)24-20-40-55(4)49-31-15-8-16-32-49/h5-23,25-32,37,40,45H,24,33-36,41H2,1-4H3. The summed E-state index contributed by atoms with van der Waals surface area (Å²) >= 11 is 0. The highest BCUT2D eigenvalue weighted by Gasteiger charge is 2.26. The first kappa shape index (κ1) is 38.7. The molecule has 1 unspecified atom stereocenters. The van der Waals surface area contributed by atoms with Gasteiger partial charge in [0.25, 0.3) is 0 Å². The third kappa shape index (κ3) is 11.0. The van der Waals surface area contributed by atoms with Gasteiger partial charge in [0, 0.05) is 31.7 Å². The highest BCUT2D eigenvalue weighted by molar-refractivity contribution is 5.70. The molecular formula is C51H54N4. The molecule has 0 amide bonds. The molecule has 6 rings (SSSR count). The Morgan fingerprint density at radius 3 is 1.69 bits per heavy atom.